The van der Waals surface area contributed by atoms with Crippen LogP contribution in [-0.4, -0.2) is 36.7 Å². The van der Waals surface area contributed by atoms with E-state index in [2.05, 4.69) is 11.0 Å². The van der Waals surface area contributed by atoms with Gasteiger partial charge in [-0.3, -0.25) is 4.90 Å². The molecule has 0 amide bonds. The Bertz CT molecular complexity index is 209. The quantitative estimate of drug-likeness (QED) is 0.607. The van der Waals surface area contributed by atoms with Crippen molar-refractivity contribution in [1.82, 2.24) is 4.90 Å². The van der Waals surface area contributed by atoms with Crippen molar-refractivity contribution in [2.24, 2.45) is 0 Å². The summed E-state index contributed by atoms with van der Waals surface area (Å²) in [6, 6.07) is 2.45. The van der Waals surface area contributed by atoms with Crippen molar-refractivity contribution < 1.29 is 4.74 Å². The summed E-state index contributed by atoms with van der Waals surface area (Å²) in [5.41, 5.74) is -0.277. The van der Waals surface area contributed by atoms with Crippen LogP contribution in [0, 0.1) is 11.3 Å². The molecule has 0 aromatic heterocycles. The zero-order valence-electron chi connectivity index (χ0n) is 7.96. The van der Waals surface area contributed by atoms with E-state index in [1.165, 1.54) is 19.3 Å². The normalized spacial score (nSPS) is 35.9. The molecule has 2 saturated heterocycles. The van der Waals surface area contributed by atoms with Gasteiger partial charge in [-0.05, 0) is 25.9 Å². The molecule has 3 nitrogen and oxygen atoms in total. The molecule has 0 saturated carbocycles. The van der Waals surface area contributed by atoms with E-state index in [4.69, 9.17) is 4.74 Å². The smallest absolute Gasteiger partial charge is 0.134 e. The first kappa shape index (κ1) is 8.98. The molecular weight excluding hydrogens is 164 g/mol. The first-order valence-electron chi connectivity index (χ1n) is 5.11. The van der Waals surface area contributed by atoms with Crippen LogP contribution in [0.3, 0.4) is 0 Å². The zero-order valence-corrected chi connectivity index (χ0v) is 7.96. The summed E-state index contributed by atoms with van der Waals surface area (Å²) in [4.78, 5) is 2.32. The summed E-state index contributed by atoms with van der Waals surface area (Å²) in [7, 11) is 0. The molecule has 0 aromatic carbocycles. The molecule has 0 bridgehead atoms. The molecule has 0 aromatic rings. The third kappa shape index (κ3) is 1.56. The maximum absolute atomic E-state index is 9.20. The van der Waals surface area contributed by atoms with E-state index in [-0.39, 0.29) is 5.54 Å². The van der Waals surface area contributed by atoms with Crippen LogP contribution in [0.5, 0.6) is 0 Å². The van der Waals surface area contributed by atoms with Crippen molar-refractivity contribution >= 4 is 0 Å². The van der Waals surface area contributed by atoms with Gasteiger partial charge in [-0.15, -0.1) is 0 Å². The molecule has 2 rings (SSSR count). The summed E-state index contributed by atoms with van der Waals surface area (Å²) < 4.78 is 5.34. The van der Waals surface area contributed by atoms with Gasteiger partial charge < -0.3 is 4.74 Å². The zero-order chi connectivity index (χ0) is 9.15. The van der Waals surface area contributed by atoms with E-state index >= 15 is 0 Å². The van der Waals surface area contributed by atoms with E-state index in [0.717, 1.165) is 26.1 Å². The lowest BCUT2D eigenvalue weighted by atomic mass is 9.95. The number of hydrogen-bond acceptors (Lipinski definition) is 3. The van der Waals surface area contributed by atoms with Gasteiger partial charge in [0.1, 0.15) is 5.54 Å². The Morgan fingerprint density at radius 1 is 1.23 bits per heavy atom. The lowest BCUT2D eigenvalue weighted by molar-refractivity contribution is 0.0876. The Morgan fingerprint density at radius 2 is 2.00 bits per heavy atom. The van der Waals surface area contributed by atoms with Crippen LogP contribution in [0.2, 0.25) is 0 Å². The van der Waals surface area contributed by atoms with Crippen LogP contribution in [-0.2, 0) is 4.74 Å². The second kappa shape index (κ2) is 3.65. The summed E-state index contributed by atoms with van der Waals surface area (Å²) >= 11 is 0. The van der Waals surface area contributed by atoms with Gasteiger partial charge in [-0.25, -0.2) is 0 Å². The Labute approximate surface area is 79.3 Å². The Hall–Kier alpha value is -0.590. The summed E-state index contributed by atoms with van der Waals surface area (Å²) in [6.07, 6.45) is 4.69. The van der Waals surface area contributed by atoms with Crippen molar-refractivity contribution in [3.05, 3.63) is 0 Å². The molecule has 72 valence electrons. The predicted molar refractivity (Wildman–Crippen MR) is 49.2 cm³/mol. The minimum Gasteiger partial charge on any atom is -0.378 e. The number of nitriles is 1. The molecule has 2 heterocycles. The standard InChI is InChI=1S/C10H16N2O/c11-8-10(4-7-13-9-10)12-5-2-1-3-6-12/h1-7,9H2. The molecule has 2 aliphatic rings. The minimum atomic E-state index is -0.277. The molecular formula is C10H16N2O. The highest BCUT2D eigenvalue weighted by atomic mass is 16.5. The number of likely N-dealkylation sites (tertiary alicyclic amines) is 1. The molecule has 13 heavy (non-hydrogen) atoms. The number of nitrogens with zero attached hydrogens (tertiary/aromatic N) is 2. The maximum Gasteiger partial charge on any atom is 0.134 e. The Morgan fingerprint density at radius 3 is 2.54 bits per heavy atom. The Kier molecular flexibility index (Phi) is 2.52. The summed E-state index contributed by atoms with van der Waals surface area (Å²) in [6.45, 7) is 3.53. The highest BCUT2D eigenvalue weighted by Gasteiger charge is 2.41. The molecule has 3 heteroatoms. The fourth-order valence-corrected chi connectivity index (χ4v) is 2.28. The monoisotopic (exact) mass is 180 g/mol. The minimum absolute atomic E-state index is 0.277. The van der Waals surface area contributed by atoms with Gasteiger partial charge in [0.2, 0.25) is 0 Å². The SMILES string of the molecule is N#CC1(N2CCCCC2)CCOC1. The number of ether oxygens (including phenoxy) is 1. The van der Waals surface area contributed by atoms with Crippen LogP contribution in [0.1, 0.15) is 25.7 Å². The topological polar surface area (TPSA) is 36.3 Å². The molecule has 0 N–H and O–H groups in total. The van der Waals surface area contributed by atoms with Crippen molar-refractivity contribution in [3.63, 3.8) is 0 Å². The molecule has 0 spiro atoms. The van der Waals surface area contributed by atoms with E-state index in [9.17, 15) is 5.26 Å². The fourth-order valence-electron chi connectivity index (χ4n) is 2.28. The van der Waals surface area contributed by atoms with Gasteiger partial charge in [-0.1, -0.05) is 6.42 Å². The summed E-state index contributed by atoms with van der Waals surface area (Å²) in [5, 5.41) is 9.20. The van der Waals surface area contributed by atoms with Gasteiger partial charge in [0, 0.05) is 13.0 Å². The van der Waals surface area contributed by atoms with Gasteiger partial charge in [0.05, 0.1) is 12.7 Å². The van der Waals surface area contributed by atoms with Crippen LogP contribution < -0.4 is 0 Å². The third-order valence-electron chi connectivity index (χ3n) is 3.17. The lowest BCUT2D eigenvalue weighted by Crippen LogP contribution is -2.50. The first-order valence-corrected chi connectivity index (χ1v) is 5.11. The molecule has 2 aliphatic heterocycles. The first-order chi connectivity index (χ1) is 6.37. The maximum atomic E-state index is 9.20. The average Bonchev–Trinajstić information content (AvgIpc) is 2.69. The van der Waals surface area contributed by atoms with E-state index < -0.39 is 0 Å². The average molecular weight is 180 g/mol. The molecule has 2 fully saturated rings. The van der Waals surface area contributed by atoms with Gasteiger partial charge in [-0.2, -0.15) is 5.26 Å². The number of hydrogen-bond donors (Lipinski definition) is 0. The van der Waals surface area contributed by atoms with Gasteiger partial charge in [0.15, 0.2) is 0 Å². The highest BCUT2D eigenvalue weighted by molar-refractivity contribution is 5.11. The van der Waals surface area contributed by atoms with Crippen molar-refractivity contribution in [1.29, 1.82) is 5.26 Å². The summed E-state index contributed by atoms with van der Waals surface area (Å²) in [5.74, 6) is 0. The largest absolute Gasteiger partial charge is 0.378 e. The molecule has 1 atom stereocenters. The number of rotatable bonds is 1. The Balaban J connectivity index is 2.06. The lowest BCUT2D eigenvalue weighted by Gasteiger charge is -2.37. The second-order valence-corrected chi connectivity index (χ2v) is 3.99. The van der Waals surface area contributed by atoms with Crippen LogP contribution in [0.4, 0.5) is 0 Å². The van der Waals surface area contributed by atoms with Crippen LogP contribution in [0.15, 0.2) is 0 Å². The predicted octanol–water partition coefficient (Wildman–Crippen LogP) is 1.15. The van der Waals surface area contributed by atoms with E-state index in [0.29, 0.717) is 6.61 Å². The van der Waals surface area contributed by atoms with Crippen molar-refractivity contribution in [2.75, 3.05) is 26.3 Å². The van der Waals surface area contributed by atoms with Crippen molar-refractivity contribution in [2.45, 2.75) is 31.2 Å². The van der Waals surface area contributed by atoms with E-state index in [1.54, 1.807) is 0 Å². The fraction of sp³-hybridized carbons (Fsp3) is 0.900. The van der Waals surface area contributed by atoms with Gasteiger partial charge in [0.25, 0.3) is 0 Å². The highest BCUT2D eigenvalue weighted by Crippen LogP contribution is 2.28. The number of piperidine rings is 1. The molecule has 1 unspecified atom stereocenters. The second-order valence-electron chi connectivity index (χ2n) is 3.99. The van der Waals surface area contributed by atoms with E-state index in [1.807, 2.05) is 0 Å². The molecule has 0 radical (unpaired) electrons. The van der Waals surface area contributed by atoms with Crippen LogP contribution in [0.25, 0.3) is 0 Å². The van der Waals surface area contributed by atoms with Gasteiger partial charge >= 0.3 is 0 Å². The molecule has 0 aliphatic carbocycles. The van der Waals surface area contributed by atoms with Crippen molar-refractivity contribution in [3.8, 4) is 6.07 Å². The van der Waals surface area contributed by atoms with Crippen LogP contribution >= 0.6 is 0 Å². The third-order valence-corrected chi connectivity index (χ3v) is 3.17.